The summed E-state index contributed by atoms with van der Waals surface area (Å²) in [6, 6.07) is 18.0. The molecule has 0 radical (unpaired) electrons. The first-order valence-corrected chi connectivity index (χ1v) is 10.5. The van der Waals surface area contributed by atoms with Gasteiger partial charge in [-0.1, -0.05) is 54.6 Å². The number of aryl methyl sites for hydroxylation is 1. The average Bonchev–Trinajstić information content (AvgIpc) is 2.67. The molecule has 0 aromatic heterocycles. The number of ether oxygens (including phenoxy) is 1. The number of esters is 1. The number of carbonyl (C=O) groups excluding carboxylic acids is 1. The molecule has 2 aromatic carbocycles. The van der Waals surface area contributed by atoms with Crippen LogP contribution in [-0.2, 0) is 25.0 Å². The van der Waals surface area contributed by atoms with E-state index in [1.165, 1.54) is 14.2 Å². The fourth-order valence-corrected chi connectivity index (χ4v) is 4.71. The van der Waals surface area contributed by atoms with Gasteiger partial charge < -0.3 is 14.4 Å². The molecule has 0 heterocycles. The van der Waals surface area contributed by atoms with E-state index in [1.807, 2.05) is 54.6 Å². The second-order valence-corrected chi connectivity index (χ2v) is 8.92. The molecule has 0 saturated heterocycles. The second-order valence-electron chi connectivity index (χ2n) is 6.11. The van der Waals surface area contributed by atoms with E-state index < -0.39 is 19.4 Å². The third-order valence-corrected chi connectivity index (χ3v) is 6.82. The molecule has 2 rings (SSSR count). The van der Waals surface area contributed by atoms with Crippen LogP contribution in [0.2, 0.25) is 0 Å². The third-order valence-electron chi connectivity index (χ3n) is 4.28. The van der Waals surface area contributed by atoms with Crippen molar-refractivity contribution in [1.29, 1.82) is 0 Å². The van der Waals surface area contributed by atoms with Gasteiger partial charge in [-0.25, -0.2) is 0 Å². The molecule has 140 valence electrons. The molecular weight excluding hydrogens is 351 g/mol. The van der Waals surface area contributed by atoms with Crippen molar-refractivity contribution in [1.82, 2.24) is 0 Å². The number of benzene rings is 2. The van der Waals surface area contributed by atoms with Crippen LogP contribution in [0, 0.1) is 0 Å². The van der Waals surface area contributed by atoms with Crippen molar-refractivity contribution >= 4 is 13.3 Å². The molecule has 1 unspecified atom stereocenters. The minimum Gasteiger partial charge on any atom is -0.469 e. The smallest absolute Gasteiger partial charge is 0.308 e. The van der Waals surface area contributed by atoms with Gasteiger partial charge in [0.25, 0.3) is 0 Å². The Morgan fingerprint density at radius 3 is 2.38 bits per heavy atom. The van der Waals surface area contributed by atoms with Crippen LogP contribution in [0.25, 0.3) is 11.1 Å². The molecule has 2 atom stereocenters. The van der Waals surface area contributed by atoms with Crippen LogP contribution in [0.3, 0.4) is 0 Å². The van der Waals surface area contributed by atoms with E-state index in [9.17, 15) is 14.5 Å². The van der Waals surface area contributed by atoms with Gasteiger partial charge in [0.15, 0.2) is 0 Å². The van der Waals surface area contributed by atoms with Crippen LogP contribution >= 0.6 is 7.37 Å². The number of aliphatic hydroxyl groups is 1. The molecule has 26 heavy (non-hydrogen) atoms. The lowest BCUT2D eigenvalue weighted by atomic mass is 9.98. The average molecular weight is 376 g/mol. The fraction of sp³-hybridized carbons (Fsp3) is 0.350. The lowest BCUT2D eigenvalue weighted by Gasteiger charge is -2.20. The Labute approximate surface area is 154 Å². The monoisotopic (exact) mass is 376 g/mol. The highest BCUT2D eigenvalue weighted by molar-refractivity contribution is 7.59. The lowest BCUT2D eigenvalue weighted by molar-refractivity contribution is -0.142. The molecule has 0 spiro atoms. The van der Waals surface area contributed by atoms with E-state index in [0.29, 0.717) is 12.6 Å². The number of carbonyl (C=O) groups is 1. The van der Waals surface area contributed by atoms with Crippen molar-refractivity contribution < 1.29 is 23.7 Å². The number of hydrogen-bond donors (Lipinski definition) is 1. The Kier molecular flexibility index (Phi) is 7.58. The number of aliphatic hydroxyl groups excluding tert-OH is 1. The van der Waals surface area contributed by atoms with E-state index in [0.717, 1.165) is 16.7 Å². The van der Waals surface area contributed by atoms with E-state index in [4.69, 9.17) is 4.52 Å². The van der Waals surface area contributed by atoms with E-state index in [2.05, 4.69) is 4.74 Å². The van der Waals surface area contributed by atoms with Crippen molar-refractivity contribution in [2.75, 3.05) is 26.5 Å². The molecule has 0 amide bonds. The Morgan fingerprint density at radius 2 is 1.73 bits per heavy atom. The summed E-state index contributed by atoms with van der Waals surface area (Å²) in [6.07, 6.45) is -0.443. The largest absolute Gasteiger partial charge is 0.469 e. The zero-order valence-electron chi connectivity index (χ0n) is 15.1. The molecule has 6 heteroatoms. The molecule has 0 fully saturated rings. The van der Waals surface area contributed by atoms with Crippen molar-refractivity contribution in [3.63, 3.8) is 0 Å². The normalized spacial score (nSPS) is 14.4. The van der Waals surface area contributed by atoms with Crippen molar-refractivity contribution in [2.45, 2.75) is 18.9 Å². The van der Waals surface area contributed by atoms with Crippen LogP contribution in [0.5, 0.6) is 0 Å². The predicted molar refractivity (Wildman–Crippen MR) is 103 cm³/mol. The van der Waals surface area contributed by atoms with Gasteiger partial charge in [-0.2, -0.15) is 0 Å². The maximum absolute atomic E-state index is 12.9. The first-order chi connectivity index (χ1) is 12.5. The summed E-state index contributed by atoms with van der Waals surface area (Å²) in [6.45, 7) is 0. The highest BCUT2D eigenvalue weighted by Crippen LogP contribution is 2.47. The van der Waals surface area contributed by atoms with Crippen molar-refractivity contribution in [3.8, 4) is 11.1 Å². The number of methoxy groups -OCH3 is 1. The molecule has 0 aliphatic carbocycles. The maximum atomic E-state index is 12.9. The summed E-state index contributed by atoms with van der Waals surface area (Å²) < 4.78 is 22.7. The second kappa shape index (κ2) is 9.67. The Hall–Kier alpha value is -1.94. The van der Waals surface area contributed by atoms with Crippen LogP contribution in [0.15, 0.2) is 54.6 Å². The quantitative estimate of drug-likeness (QED) is 0.533. The van der Waals surface area contributed by atoms with Gasteiger partial charge in [-0.3, -0.25) is 9.36 Å². The number of hydrogen-bond acceptors (Lipinski definition) is 5. The molecule has 2 aromatic rings. The SMILES string of the molecule is COC(=O)C[C@H](O)CP(=O)(CCc1ccccc1-c1ccccc1)OC. The zero-order chi connectivity index (χ0) is 19.0. The molecule has 5 nitrogen and oxygen atoms in total. The predicted octanol–water partition coefficient (Wildman–Crippen LogP) is 3.74. The zero-order valence-corrected chi connectivity index (χ0v) is 16.0. The molecule has 0 aliphatic heterocycles. The van der Waals surface area contributed by atoms with Gasteiger partial charge in [-0.05, 0) is 23.1 Å². The van der Waals surface area contributed by atoms with Gasteiger partial charge in [0.2, 0.25) is 7.37 Å². The van der Waals surface area contributed by atoms with Gasteiger partial charge in [0.1, 0.15) is 0 Å². The maximum Gasteiger partial charge on any atom is 0.308 e. The third kappa shape index (κ3) is 5.80. The van der Waals surface area contributed by atoms with Crippen LogP contribution in [0.4, 0.5) is 0 Å². The fourth-order valence-electron chi connectivity index (χ4n) is 2.85. The van der Waals surface area contributed by atoms with Crippen LogP contribution < -0.4 is 0 Å². The lowest BCUT2D eigenvalue weighted by Crippen LogP contribution is -2.20. The Morgan fingerprint density at radius 1 is 1.08 bits per heavy atom. The minimum atomic E-state index is -3.06. The molecule has 0 aliphatic rings. The summed E-state index contributed by atoms with van der Waals surface area (Å²) in [5.74, 6) is -0.533. The topological polar surface area (TPSA) is 72.8 Å². The highest BCUT2D eigenvalue weighted by atomic mass is 31.2. The van der Waals surface area contributed by atoms with Gasteiger partial charge in [-0.15, -0.1) is 0 Å². The van der Waals surface area contributed by atoms with Crippen LogP contribution in [0.1, 0.15) is 12.0 Å². The van der Waals surface area contributed by atoms with Crippen molar-refractivity contribution in [3.05, 3.63) is 60.2 Å². The summed E-state index contributed by atoms with van der Waals surface area (Å²) in [5, 5.41) is 9.99. The summed E-state index contributed by atoms with van der Waals surface area (Å²) in [5.41, 5.74) is 3.25. The minimum absolute atomic E-state index is 0.0634. The van der Waals surface area contributed by atoms with E-state index >= 15 is 0 Å². The highest BCUT2D eigenvalue weighted by Gasteiger charge is 2.27. The standard InChI is InChI=1S/C20H25O5P/c1-24-20(22)14-18(21)15-26(23,25-2)13-12-17-10-6-7-11-19(17)16-8-4-3-5-9-16/h3-11,18,21H,12-15H2,1-2H3/t18-,26?/m0/s1. The van der Waals surface area contributed by atoms with Crippen LogP contribution in [-0.4, -0.2) is 43.7 Å². The van der Waals surface area contributed by atoms with Crippen molar-refractivity contribution in [2.24, 2.45) is 0 Å². The summed E-state index contributed by atoms with van der Waals surface area (Å²) >= 11 is 0. The molecular formula is C20H25O5P. The Bertz CT molecular complexity index is 760. The molecule has 0 saturated carbocycles. The van der Waals surface area contributed by atoms with E-state index in [-0.39, 0.29) is 12.6 Å². The Balaban J connectivity index is 2.09. The molecule has 0 bridgehead atoms. The first kappa shape index (κ1) is 20.4. The molecule has 1 N–H and O–H groups in total. The van der Waals surface area contributed by atoms with Gasteiger partial charge in [0.05, 0.1) is 25.8 Å². The van der Waals surface area contributed by atoms with Gasteiger partial charge >= 0.3 is 5.97 Å². The first-order valence-electron chi connectivity index (χ1n) is 8.49. The summed E-state index contributed by atoms with van der Waals surface area (Å²) in [7, 11) is -0.419. The van der Waals surface area contributed by atoms with Gasteiger partial charge in [0, 0.05) is 13.3 Å². The summed E-state index contributed by atoms with van der Waals surface area (Å²) in [4.78, 5) is 11.3. The van der Waals surface area contributed by atoms with E-state index in [1.54, 1.807) is 0 Å². The number of rotatable bonds is 9.